The van der Waals surface area contributed by atoms with Crippen molar-refractivity contribution >= 4 is 23.2 Å². The molecule has 9 nitrogen and oxygen atoms in total. The van der Waals surface area contributed by atoms with Crippen molar-refractivity contribution in [2.24, 2.45) is 5.73 Å². The van der Waals surface area contributed by atoms with E-state index in [2.05, 4.69) is 21.3 Å². The van der Waals surface area contributed by atoms with Crippen LogP contribution in [0.15, 0.2) is 71.7 Å². The largest absolute Gasteiger partial charge is 0.394 e. The maximum Gasteiger partial charge on any atom is 0.326 e. The molecule has 164 valence electrons. The molecular formula is C22H21FN6O3. The van der Waals surface area contributed by atoms with Crippen molar-refractivity contribution in [3.63, 3.8) is 0 Å². The van der Waals surface area contributed by atoms with E-state index in [1.807, 2.05) is 30.3 Å². The maximum absolute atomic E-state index is 13.9. The number of primary amides is 1. The lowest BCUT2D eigenvalue weighted by Crippen LogP contribution is -2.36. The fraction of sp³-hybridized carbons (Fsp3) is 0.136. The second-order valence-corrected chi connectivity index (χ2v) is 6.84. The van der Waals surface area contributed by atoms with Gasteiger partial charge in [-0.15, -0.1) is 0 Å². The second-order valence-electron chi connectivity index (χ2n) is 6.84. The maximum atomic E-state index is 13.9. The van der Waals surface area contributed by atoms with E-state index < -0.39 is 23.7 Å². The number of nitriles is 1. The van der Waals surface area contributed by atoms with Crippen LogP contribution in [0.2, 0.25) is 0 Å². The molecule has 2 aromatic carbocycles. The summed E-state index contributed by atoms with van der Waals surface area (Å²) >= 11 is 0. The molecule has 0 bridgehead atoms. The summed E-state index contributed by atoms with van der Waals surface area (Å²) in [5.41, 5.74) is 7.31. The minimum absolute atomic E-state index is 0.114. The van der Waals surface area contributed by atoms with Crippen LogP contribution in [0.3, 0.4) is 0 Å². The van der Waals surface area contributed by atoms with E-state index in [-0.39, 0.29) is 18.8 Å². The summed E-state index contributed by atoms with van der Waals surface area (Å²) in [4.78, 5) is 23.2. The number of carbonyl (C=O) groups is 2. The van der Waals surface area contributed by atoms with Crippen LogP contribution in [0.1, 0.15) is 11.6 Å². The van der Waals surface area contributed by atoms with Crippen molar-refractivity contribution in [1.29, 1.82) is 5.26 Å². The van der Waals surface area contributed by atoms with E-state index >= 15 is 0 Å². The molecule has 1 aliphatic rings. The Labute approximate surface area is 183 Å². The minimum Gasteiger partial charge on any atom is -0.394 e. The van der Waals surface area contributed by atoms with Gasteiger partial charge in [0.25, 0.3) is 0 Å². The van der Waals surface area contributed by atoms with Crippen LogP contribution in [-0.4, -0.2) is 30.1 Å². The number of nitrogens with zero attached hydrogens (tertiary/aromatic N) is 1. The van der Waals surface area contributed by atoms with Gasteiger partial charge in [-0.1, -0.05) is 30.3 Å². The highest BCUT2D eigenvalue weighted by Gasteiger charge is 2.21. The van der Waals surface area contributed by atoms with E-state index in [1.165, 1.54) is 18.2 Å². The van der Waals surface area contributed by atoms with Gasteiger partial charge >= 0.3 is 5.91 Å². The number of aliphatic hydroxyl groups excluding tert-OH is 1. The Bertz CT molecular complexity index is 1120. The summed E-state index contributed by atoms with van der Waals surface area (Å²) < 4.78 is 13.9. The monoisotopic (exact) mass is 436 g/mol. The first-order valence-electron chi connectivity index (χ1n) is 9.59. The molecule has 0 spiro atoms. The Hall–Kier alpha value is -4.36. The Morgan fingerprint density at radius 2 is 2.00 bits per heavy atom. The fourth-order valence-corrected chi connectivity index (χ4v) is 3.10. The van der Waals surface area contributed by atoms with Crippen molar-refractivity contribution < 1.29 is 19.1 Å². The molecule has 0 aromatic heterocycles. The van der Waals surface area contributed by atoms with Crippen molar-refractivity contribution in [2.75, 3.05) is 23.8 Å². The number of aliphatic hydroxyl groups is 1. The fourth-order valence-electron chi connectivity index (χ4n) is 3.10. The topological polar surface area (TPSA) is 152 Å². The average molecular weight is 436 g/mol. The number of nitrogens with one attached hydrogen (secondary N) is 4. The van der Waals surface area contributed by atoms with Gasteiger partial charge in [0.2, 0.25) is 5.91 Å². The molecule has 0 fully saturated rings. The SMILES string of the molecule is N#CC(=O)Nc1cc(NC2=CC(N[C@H](CO)c3ccccc3)=C(C(N)=O)CN2)ccc1F. The molecule has 1 atom stereocenters. The van der Waals surface area contributed by atoms with Crippen molar-refractivity contribution in [2.45, 2.75) is 6.04 Å². The molecule has 0 saturated heterocycles. The van der Waals surface area contributed by atoms with E-state index in [0.29, 0.717) is 22.8 Å². The number of rotatable bonds is 8. The first-order valence-corrected chi connectivity index (χ1v) is 9.59. The molecule has 10 heteroatoms. The quantitative estimate of drug-likeness (QED) is 0.340. The molecule has 2 amide bonds. The third-order valence-electron chi connectivity index (χ3n) is 4.68. The number of nitrogens with two attached hydrogens (primary N) is 1. The van der Waals surface area contributed by atoms with E-state index in [4.69, 9.17) is 11.0 Å². The lowest BCUT2D eigenvalue weighted by molar-refractivity contribution is -0.114. The predicted octanol–water partition coefficient (Wildman–Crippen LogP) is 1.21. The number of allylic oxidation sites excluding steroid dienone is 1. The number of hydrogen-bond acceptors (Lipinski definition) is 7. The highest BCUT2D eigenvalue weighted by molar-refractivity contribution is 6.02. The van der Waals surface area contributed by atoms with E-state index in [0.717, 1.165) is 11.6 Å². The zero-order valence-corrected chi connectivity index (χ0v) is 16.9. The molecule has 3 rings (SSSR count). The summed E-state index contributed by atoms with van der Waals surface area (Å²) in [5, 5.41) is 29.8. The Morgan fingerprint density at radius 3 is 2.66 bits per heavy atom. The summed E-state index contributed by atoms with van der Waals surface area (Å²) in [6.45, 7) is -0.105. The first-order chi connectivity index (χ1) is 15.4. The second kappa shape index (κ2) is 10.1. The van der Waals surface area contributed by atoms with Crippen molar-refractivity contribution in [3.05, 3.63) is 83.1 Å². The average Bonchev–Trinajstić information content (AvgIpc) is 2.80. The zero-order chi connectivity index (χ0) is 23.1. The van der Waals surface area contributed by atoms with Crippen LogP contribution >= 0.6 is 0 Å². The number of halogens is 1. The van der Waals surface area contributed by atoms with Crippen LogP contribution in [0.4, 0.5) is 15.8 Å². The van der Waals surface area contributed by atoms with Crippen LogP contribution in [-0.2, 0) is 9.59 Å². The number of dihydropyridines is 1. The number of anilines is 2. The van der Waals surface area contributed by atoms with Gasteiger partial charge in [-0.2, -0.15) is 5.26 Å². The molecule has 32 heavy (non-hydrogen) atoms. The summed E-state index contributed by atoms with van der Waals surface area (Å²) in [7, 11) is 0. The van der Waals surface area contributed by atoms with Crippen LogP contribution in [0.25, 0.3) is 0 Å². The third-order valence-corrected chi connectivity index (χ3v) is 4.68. The van der Waals surface area contributed by atoms with Gasteiger partial charge in [0.1, 0.15) is 11.6 Å². The predicted molar refractivity (Wildman–Crippen MR) is 116 cm³/mol. The number of amides is 2. The summed E-state index contributed by atoms with van der Waals surface area (Å²) in [6, 6.07) is 14.0. The smallest absolute Gasteiger partial charge is 0.326 e. The highest BCUT2D eigenvalue weighted by Crippen LogP contribution is 2.23. The van der Waals surface area contributed by atoms with E-state index in [9.17, 15) is 19.1 Å². The van der Waals surface area contributed by atoms with Gasteiger partial charge in [0.15, 0.2) is 6.07 Å². The van der Waals surface area contributed by atoms with Gasteiger partial charge in [0, 0.05) is 24.0 Å². The van der Waals surface area contributed by atoms with Gasteiger partial charge < -0.3 is 32.1 Å². The Balaban J connectivity index is 1.85. The van der Waals surface area contributed by atoms with E-state index in [1.54, 1.807) is 6.08 Å². The van der Waals surface area contributed by atoms with Gasteiger partial charge in [-0.05, 0) is 23.8 Å². The molecule has 1 aliphatic heterocycles. The summed E-state index contributed by atoms with van der Waals surface area (Å²) in [6.07, 6.45) is 1.60. The molecule has 0 unspecified atom stereocenters. The molecule has 7 N–H and O–H groups in total. The molecule has 0 aliphatic carbocycles. The molecule has 2 aromatic rings. The molecular weight excluding hydrogens is 415 g/mol. The minimum atomic E-state index is -0.993. The lowest BCUT2D eigenvalue weighted by Gasteiger charge is -2.26. The Morgan fingerprint density at radius 1 is 1.25 bits per heavy atom. The highest BCUT2D eigenvalue weighted by atomic mass is 19.1. The van der Waals surface area contributed by atoms with Crippen LogP contribution < -0.4 is 27.0 Å². The van der Waals surface area contributed by atoms with Gasteiger partial charge in [-0.3, -0.25) is 9.59 Å². The molecule has 1 heterocycles. The first kappa shape index (κ1) is 22.3. The van der Waals surface area contributed by atoms with Crippen molar-refractivity contribution in [3.8, 4) is 6.07 Å². The standard InChI is InChI=1S/C22H21FN6O3/c23-16-7-6-14(8-18(16)29-21(31)10-24)27-20-9-17(15(11-26-20)22(25)32)28-19(12-30)13-4-2-1-3-5-13/h1-9,19,26-28,30H,11-12H2,(H2,25,32)(H,29,31)/t19-/m1/s1. The van der Waals surface area contributed by atoms with Crippen molar-refractivity contribution in [1.82, 2.24) is 10.6 Å². The molecule has 0 radical (unpaired) electrons. The van der Waals surface area contributed by atoms with Gasteiger partial charge in [0.05, 0.1) is 23.9 Å². The number of benzene rings is 2. The normalized spacial score (nSPS) is 13.8. The van der Waals surface area contributed by atoms with Crippen LogP contribution in [0, 0.1) is 17.1 Å². The summed E-state index contributed by atoms with van der Waals surface area (Å²) in [5.74, 6) is -1.85. The molecule has 0 saturated carbocycles. The third kappa shape index (κ3) is 5.41. The number of hydrogen-bond donors (Lipinski definition) is 6. The Kier molecular flexibility index (Phi) is 7.05. The number of carbonyl (C=O) groups excluding carboxylic acids is 2. The van der Waals surface area contributed by atoms with Crippen LogP contribution in [0.5, 0.6) is 0 Å². The zero-order valence-electron chi connectivity index (χ0n) is 16.9. The lowest BCUT2D eigenvalue weighted by atomic mass is 10.0. The van der Waals surface area contributed by atoms with Gasteiger partial charge in [-0.25, -0.2) is 4.39 Å².